The summed E-state index contributed by atoms with van der Waals surface area (Å²) in [5, 5.41) is 2.95. The SMILES string of the molecule is CC(=O)NC12CC3CC(C1)C(F)(F)C(C3)C2. The highest BCUT2D eigenvalue weighted by molar-refractivity contribution is 5.74. The summed E-state index contributed by atoms with van der Waals surface area (Å²) >= 11 is 0. The third-order valence-corrected chi connectivity index (χ3v) is 4.72. The molecule has 4 heteroatoms. The Balaban J connectivity index is 1.89. The standard InChI is InChI=1S/C12H17F2NO/c1-7(16)15-11-4-8-2-9(5-11)12(13,14)10(3-8)6-11/h8-10H,2-6H2,1H3,(H,15,16). The minimum absolute atomic E-state index is 0.0785. The van der Waals surface area contributed by atoms with Crippen LogP contribution < -0.4 is 5.32 Å². The van der Waals surface area contributed by atoms with Gasteiger partial charge in [0, 0.05) is 24.3 Å². The summed E-state index contributed by atoms with van der Waals surface area (Å²) in [5.41, 5.74) is -0.302. The first-order chi connectivity index (χ1) is 7.41. The molecule has 0 aromatic carbocycles. The van der Waals surface area contributed by atoms with E-state index in [-0.39, 0.29) is 11.4 Å². The Bertz CT molecular complexity index is 324. The van der Waals surface area contributed by atoms with Crippen LogP contribution in [0.15, 0.2) is 0 Å². The molecule has 0 aromatic rings. The van der Waals surface area contributed by atoms with Gasteiger partial charge in [-0.25, -0.2) is 8.78 Å². The zero-order valence-electron chi connectivity index (χ0n) is 9.43. The molecule has 0 saturated heterocycles. The third kappa shape index (κ3) is 1.31. The van der Waals surface area contributed by atoms with Crippen LogP contribution in [0.3, 0.4) is 0 Å². The Morgan fingerprint density at radius 3 is 2.25 bits per heavy atom. The maximum absolute atomic E-state index is 13.9. The van der Waals surface area contributed by atoms with E-state index in [1.807, 2.05) is 0 Å². The van der Waals surface area contributed by atoms with Crippen molar-refractivity contribution in [1.82, 2.24) is 5.32 Å². The second kappa shape index (κ2) is 2.96. The van der Waals surface area contributed by atoms with Crippen molar-refractivity contribution in [2.45, 2.75) is 50.5 Å². The van der Waals surface area contributed by atoms with Gasteiger partial charge in [0.1, 0.15) is 0 Å². The van der Waals surface area contributed by atoms with Gasteiger partial charge in [-0.15, -0.1) is 0 Å². The van der Waals surface area contributed by atoms with Crippen LogP contribution in [0.4, 0.5) is 8.78 Å². The Morgan fingerprint density at radius 2 is 1.75 bits per heavy atom. The van der Waals surface area contributed by atoms with Gasteiger partial charge in [-0.2, -0.15) is 0 Å². The predicted molar refractivity (Wildman–Crippen MR) is 55.0 cm³/mol. The molecule has 2 atom stereocenters. The highest BCUT2D eigenvalue weighted by Crippen LogP contribution is 2.61. The minimum Gasteiger partial charge on any atom is -0.351 e. The fourth-order valence-electron chi connectivity index (χ4n) is 4.43. The molecule has 0 heterocycles. The van der Waals surface area contributed by atoms with Gasteiger partial charge in [0.15, 0.2) is 0 Å². The molecule has 4 aliphatic rings. The Hall–Kier alpha value is -0.670. The number of hydrogen-bond donors (Lipinski definition) is 1. The first-order valence-electron chi connectivity index (χ1n) is 6.08. The molecule has 4 bridgehead atoms. The molecular formula is C12H17F2NO. The van der Waals surface area contributed by atoms with E-state index in [1.165, 1.54) is 6.92 Å². The molecule has 0 radical (unpaired) electrons. The normalized spacial score (nSPS) is 48.1. The molecule has 4 saturated carbocycles. The van der Waals surface area contributed by atoms with Crippen LogP contribution in [-0.4, -0.2) is 17.4 Å². The van der Waals surface area contributed by atoms with E-state index in [1.54, 1.807) is 0 Å². The van der Waals surface area contributed by atoms with E-state index in [0.29, 0.717) is 31.6 Å². The molecule has 0 aliphatic heterocycles. The molecule has 16 heavy (non-hydrogen) atoms. The van der Waals surface area contributed by atoms with Crippen molar-refractivity contribution in [2.75, 3.05) is 0 Å². The van der Waals surface area contributed by atoms with Gasteiger partial charge in [0.05, 0.1) is 0 Å². The number of rotatable bonds is 1. The van der Waals surface area contributed by atoms with Crippen LogP contribution in [0.5, 0.6) is 0 Å². The topological polar surface area (TPSA) is 29.1 Å². The van der Waals surface area contributed by atoms with E-state index in [4.69, 9.17) is 0 Å². The average Bonchev–Trinajstić information content (AvgIpc) is 2.11. The Labute approximate surface area is 93.8 Å². The highest BCUT2D eigenvalue weighted by Gasteiger charge is 2.63. The summed E-state index contributed by atoms with van der Waals surface area (Å²) in [6.07, 6.45) is 3.19. The first kappa shape index (κ1) is 10.5. The number of carbonyl (C=O) groups excluding carboxylic acids is 1. The smallest absolute Gasteiger partial charge is 0.253 e. The number of hydrogen-bond acceptors (Lipinski definition) is 1. The average molecular weight is 229 g/mol. The minimum atomic E-state index is -2.49. The van der Waals surface area contributed by atoms with Gasteiger partial charge in [0.2, 0.25) is 5.91 Å². The van der Waals surface area contributed by atoms with Gasteiger partial charge < -0.3 is 5.32 Å². The van der Waals surface area contributed by atoms with Crippen LogP contribution in [0.25, 0.3) is 0 Å². The number of alkyl halides is 2. The zero-order chi connectivity index (χ0) is 11.6. The van der Waals surface area contributed by atoms with Crippen LogP contribution in [0.2, 0.25) is 0 Å². The fraction of sp³-hybridized carbons (Fsp3) is 0.917. The lowest BCUT2D eigenvalue weighted by Crippen LogP contribution is -2.65. The lowest BCUT2D eigenvalue weighted by atomic mass is 9.51. The molecule has 2 nitrogen and oxygen atoms in total. The Kier molecular flexibility index (Phi) is 1.94. The number of halogens is 2. The predicted octanol–water partition coefficient (Wildman–Crippen LogP) is 2.34. The summed E-state index contributed by atoms with van der Waals surface area (Å²) in [6, 6.07) is 0. The zero-order valence-corrected chi connectivity index (χ0v) is 9.43. The van der Waals surface area contributed by atoms with E-state index >= 15 is 0 Å². The molecule has 1 N–H and O–H groups in total. The van der Waals surface area contributed by atoms with Gasteiger partial charge in [-0.3, -0.25) is 4.79 Å². The number of carbonyl (C=O) groups is 1. The second-order valence-corrected chi connectivity index (χ2v) is 5.98. The van der Waals surface area contributed by atoms with Crippen molar-refractivity contribution >= 4 is 5.91 Å². The summed E-state index contributed by atoms with van der Waals surface area (Å²) < 4.78 is 27.8. The number of amides is 1. The summed E-state index contributed by atoms with van der Waals surface area (Å²) in [4.78, 5) is 11.2. The highest BCUT2D eigenvalue weighted by atomic mass is 19.3. The molecule has 90 valence electrons. The molecule has 4 rings (SSSR count). The van der Waals surface area contributed by atoms with Gasteiger partial charge in [-0.1, -0.05) is 0 Å². The third-order valence-electron chi connectivity index (χ3n) is 4.72. The van der Waals surface area contributed by atoms with Crippen molar-refractivity contribution in [3.8, 4) is 0 Å². The second-order valence-electron chi connectivity index (χ2n) is 5.98. The van der Waals surface area contributed by atoms with Crippen LogP contribution >= 0.6 is 0 Å². The van der Waals surface area contributed by atoms with E-state index in [0.717, 1.165) is 6.42 Å². The fourth-order valence-corrected chi connectivity index (χ4v) is 4.43. The van der Waals surface area contributed by atoms with Gasteiger partial charge in [-0.05, 0) is 38.0 Å². The first-order valence-corrected chi connectivity index (χ1v) is 6.08. The van der Waals surface area contributed by atoms with Crippen LogP contribution in [-0.2, 0) is 4.79 Å². The summed E-state index contributed by atoms with van der Waals surface area (Å²) in [7, 11) is 0. The van der Waals surface area contributed by atoms with Crippen molar-refractivity contribution in [3.63, 3.8) is 0 Å². The van der Waals surface area contributed by atoms with Crippen molar-refractivity contribution in [1.29, 1.82) is 0 Å². The van der Waals surface area contributed by atoms with Gasteiger partial charge in [0.25, 0.3) is 5.92 Å². The van der Waals surface area contributed by atoms with Crippen LogP contribution in [0, 0.1) is 17.8 Å². The van der Waals surface area contributed by atoms with Crippen molar-refractivity contribution in [3.05, 3.63) is 0 Å². The molecule has 2 unspecified atom stereocenters. The largest absolute Gasteiger partial charge is 0.351 e. The lowest BCUT2D eigenvalue weighted by Gasteiger charge is -2.59. The quantitative estimate of drug-likeness (QED) is 0.734. The maximum Gasteiger partial charge on any atom is 0.253 e. The summed E-state index contributed by atoms with van der Waals surface area (Å²) in [5.74, 6) is -3.15. The van der Waals surface area contributed by atoms with Crippen molar-refractivity contribution in [2.24, 2.45) is 17.8 Å². The van der Waals surface area contributed by atoms with Crippen LogP contribution in [0.1, 0.15) is 39.0 Å². The molecule has 0 spiro atoms. The van der Waals surface area contributed by atoms with E-state index in [9.17, 15) is 13.6 Å². The number of nitrogens with one attached hydrogen (secondary N) is 1. The van der Waals surface area contributed by atoms with E-state index < -0.39 is 17.8 Å². The molecule has 4 aliphatic carbocycles. The van der Waals surface area contributed by atoms with Crippen molar-refractivity contribution < 1.29 is 13.6 Å². The van der Waals surface area contributed by atoms with Gasteiger partial charge >= 0.3 is 0 Å². The lowest BCUT2D eigenvalue weighted by molar-refractivity contribution is -0.211. The monoisotopic (exact) mass is 229 g/mol. The Morgan fingerprint density at radius 1 is 1.19 bits per heavy atom. The van der Waals surface area contributed by atoms with E-state index in [2.05, 4.69) is 5.32 Å². The molecule has 4 fully saturated rings. The molecular weight excluding hydrogens is 212 g/mol. The molecule has 0 aromatic heterocycles. The molecule has 1 amide bonds. The summed E-state index contributed by atoms with van der Waals surface area (Å²) in [6.45, 7) is 1.48. The maximum atomic E-state index is 13.9.